The Bertz CT molecular complexity index is 588. The van der Waals surface area contributed by atoms with Crippen molar-refractivity contribution in [3.8, 4) is 12.3 Å². The van der Waals surface area contributed by atoms with E-state index in [0.29, 0.717) is 5.92 Å². The van der Waals surface area contributed by atoms with E-state index >= 15 is 0 Å². The fourth-order valence-electron chi connectivity index (χ4n) is 4.09. The first-order chi connectivity index (χ1) is 11.0. The molecule has 1 aromatic carbocycles. The van der Waals surface area contributed by atoms with Gasteiger partial charge in [0.15, 0.2) is 0 Å². The fourth-order valence-corrected chi connectivity index (χ4v) is 4.09. The summed E-state index contributed by atoms with van der Waals surface area (Å²) in [5.74, 6) is 4.83. The molecule has 1 saturated carbocycles. The van der Waals surface area contributed by atoms with Crippen LogP contribution in [0.2, 0.25) is 0 Å². The van der Waals surface area contributed by atoms with Gasteiger partial charge in [-0.3, -0.25) is 0 Å². The lowest BCUT2D eigenvalue weighted by molar-refractivity contribution is 0.628. The van der Waals surface area contributed by atoms with Gasteiger partial charge in [0, 0.05) is 5.92 Å². The summed E-state index contributed by atoms with van der Waals surface area (Å²) in [6.45, 7) is 11.0. The molecule has 0 heterocycles. The summed E-state index contributed by atoms with van der Waals surface area (Å²) in [7, 11) is 0. The molecule has 0 N–H and O–H groups in total. The number of allylic oxidation sites excluding steroid dienone is 2. The van der Waals surface area contributed by atoms with Crippen LogP contribution in [0, 0.1) is 38.0 Å². The summed E-state index contributed by atoms with van der Waals surface area (Å²) in [4.78, 5) is 0. The van der Waals surface area contributed by atoms with Gasteiger partial charge in [0.25, 0.3) is 0 Å². The monoisotopic (exact) mass is 308 g/mol. The highest BCUT2D eigenvalue weighted by molar-refractivity contribution is 5.43. The molecule has 0 saturated heterocycles. The van der Waals surface area contributed by atoms with Crippen LogP contribution in [-0.2, 0) is 6.42 Å². The van der Waals surface area contributed by atoms with Crippen molar-refractivity contribution in [2.24, 2.45) is 11.8 Å². The minimum Gasteiger partial charge on any atom is -0.120 e. The molecule has 0 aromatic heterocycles. The Balaban J connectivity index is 0.000000595. The van der Waals surface area contributed by atoms with E-state index in [4.69, 9.17) is 0 Å². The maximum atomic E-state index is 4.60. The lowest BCUT2D eigenvalue weighted by Crippen LogP contribution is -2.07. The molecule has 1 fully saturated rings. The van der Waals surface area contributed by atoms with Crippen molar-refractivity contribution >= 4 is 0 Å². The Hall–Kier alpha value is -1.48. The molecule has 0 amide bonds. The molecule has 0 radical (unpaired) electrons. The summed E-state index contributed by atoms with van der Waals surface area (Å²) in [5, 5.41) is 0. The van der Waals surface area contributed by atoms with Gasteiger partial charge in [-0.15, -0.1) is 12.3 Å². The number of terminal acetylenes is 1. The molecule has 0 heteroatoms. The lowest BCUT2D eigenvalue weighted by Gasteiger charge is -2.24. The normalized spacial score (nSPS) is 25.7. The highest BCUT2D eigenvalue weighted by atomic mass is 14.4. The van der Waals surface area contributed by atoms with E-state index in [2.05, 4.69) is 58.2 Å². The lowest BCUT2D eigenvalue weighted by atomic mass is 9.81. The van der Waals surface area contributed by atoms with Gasteiger partial charge in [-0.2, -0.15) is 0 Å². The highest BCUT2D eigenvalue weighted by Gasteiger charge is 2.32. The van der Waals surface area contributed by atoms with E-state index in [1.807, 2.05) is 0 Å². The molecule has 0 bridgehead atoms. The predicted molar refractivity (Wildman–Crippen MR) is 102 cm³/mol. The zero-order valence-corrected chi connectivity index (χ0v) is 15.6. The zero-order chi connectivity index (χ0) is 17.0. The van der Waals surface area contributed by atoms with Crippen LogP contribution in [0.4, 0.5) is 0 Å². The van der Waals surface area contributed by atoms with E-state index in [1.54, 1.807) is 23.6 Å². The van der Waals surface area contributed by atoms with Crippen LogP contribution in [0.25, 0.3) is 0 Å². The Morgan fingerprint density at radius 2 is 1.74 bits per heavy atom. The molecule has 0 nitrogen and oxygen atoms in total. The first-order valence-corrected chi connectivity index (χ1v) is 9.10. The van der Waals surface area contributed by atoms with Gasteiger partial charge in [0.2, 0.25) is 0 Å². The van der Waals surface area contributed by atoms with Gasteiger partial charge in [0.05, 0.1) is 0 Å². The van der Waals surface area contributed by atoms with Crippen molar-refractivity contribution in [1.29, 1.82) is 0 Å². The van der Waals surface area contributed by atoms with E-state index in [0.717, 1.165) is 11.8 Å². The Labute approximate surface area is 143 Å². The first-order valence-electron chi connectivity index (χ1n) is 9.10. The van der Waals surface area contributed by atoms with Gasteiger partial charge in [-0.1, -0.05) is 30.7 Å². The molecule has 0 aliphatic heterocycles. The van der Waals surface area contributed by atoms with Crippen LogP contribution in [0.5, 0.6) is 0 Å². The maximum Gasteiger partial charge on any atom is 0.00259 e. The number of aryl methyl sites for hydroxylation is 2. The minimum absolute atomic E-state index is 0.664. The molecular formula is C23H32. The van der Waals surface area contributed by atoms with Crippen LogP contribution in [0.1, 0.15) is 74.6 Å². The van der Waals surface area contributed by atoms with Gasteiger partial charge < -0.3 is 0 Å². The van der Waals surface area contributed by atoms with Gasteiger partial charge in [0.1, 0.15) is 0 Å². The van der Waals surface area contributed by atoms with Gasteiger partial charge >= 0.3 is 0 Å². The van der Waals surface area contributed by atoms with Crippen LogP contribution >= 0.6 is 0 Å². The number of benzene rings is 1. The molecular weight excluding hydrogens is 276 g/mol. The molecule has 23 heavy (non-hydrogen) atoms. The van der Waals surface area contributed by atoms with Crippen molar-refractivity contribution in [1.82, 2.24) is 0 Å². The third-order valence-electron chi connectivity index (χ3n) is 5.37. The standard InChI is InChI=1S/C20H28.C3H4/c1-13-6-5-7-18(8-13)20-15(3)9-17(10-16(20)4)12-19-11-14(19)2;1-3-2/h8-10,14,18-19H,5-7,11-12H2,1-4H3;1H,2H3. The molecule has 3 atom stereocenters. The van der Waals surface area contributed by atoms with Crippen LogP contribution in [0.3, 0.4) is 0 Å². The van der Waals surface area contributed by atoms with Crippen molar-refractivity contribution in [2.75, 3.05) is 0 Å². The Morgan fingerprint density at radius 3 is 2.22 bits per heavy atom. The van der Waals surface area contributed by atoms with Crippen molar-refractivity contribution in [3.63, 3.8) is 0 Å². The average molecular weight is 309 g/mol. The largest absolute Gasteiger partial charge is 0.120 e. The van der Waals surface area contributed by atoms with Crippen molar-refractivity contribution in [3.05, 3.63) is 46.0 Å². The van der Waals surface area contributed by atoms with Crippen LogP contribution < -0.4 is 0 Å². The number of hydrogen-bond donors (Lipinski definition) is 0. The topological polar surface area (TPSA) is 0 Å². The quantitative estimate of drug-likeness (QED) is 0.450. The smallest absolute Gasteiger partial charge is 0.00259 e. The SMILES string of the molecule is C#CC.CC1=CC(c2c(C)cc(CC3CC3C)cc2C)CCC1. The summed E-state index contributed by atoms with van der Waals surface area (Å²) in [5.41, 5.74) is 7.79. The molecule has 2 aliphatic rings. The first kappa shape index (κ1) is 17.9. The Morgan fingerprint density at radius 1 is 1.17 bits per heavy atom. The number of hydrogen-bond acceptors (Lipinski definition) is 0. The maximum absolute atomic E-state index is 4.60. The van der Waals surface area contributed by atoms with E-state index in [-0.39, 0.29) is 0 Å². The molecule has 0 spiro atoms. The molecule has 3 unspecified atom stereocenters. The summed E-state index contributed by atoms with van der Waals surface area (Å²) < 4.78 is 0. The zero-order valence-electron chi connectivity index (χ0n) is 15.6. The second-order valence-corrected chi connectivity index (χ2v) is 7.62. The molecule has 1 aromatic rings. The predicted octanol–water partition coefficient (Wildman–Crippen LogP) is 6.36. The van der Waals surface area contributed by atoms with E-state index in [1.165, 1.54) is 43.2 Å². The van der Waals surface area contributed by atoms with Crippen LogP contribution in [0.15, 0.2) is 23.8 Å². The Kier molecular flexibility index (Phi) is 6.11. The van der Waals surface area contributed by atoms with Crippen molar-refractivity contribution < 1.29 is 0 Å². The highest BCUT2D eigenvalue weighted by Crippen LogP contribution is 2.41. The summed E-state index contributed by atoms with van der Waals surface area (Å²) in [6, 6.07) is 4.93. The van der Waals surface area contributed by atoms with Gasteiger partial charge in [-0.05, 0) is 93.9 Å². The minimum atomic E-state index is 0.664. The van der Waals surface area contributed by atoms with E-state index < -0.39 is 0 Å². The molecule has 2 aliphatic carbocycles. The fraction of sp³-hybridized carbons (Fsp3) is 0.565. The van der Waals surface area contributed by atoms with Crippen molar-refractivity contribution in [2.45, 2.75) is 72.6 Å². The van der Waals surface area contributed by atoms with E-state index in [9.17, 15) is 0 Å². The average Bonchev–Trinajstić information content (AvgIpc) is 3.14. The summed E-state index contributed by atoms with van der Waals surface area (Å²) in [6.07, 6.45) is 13.8. The third-order valence-corrected chi connectivity index (χ3v) is 5.37. The van der Waals surface area contributed by atoms with Crippen LogP contribution in [-0.4, -0.2) is 0 Å². The second-order valence-electron chi connectivity index (χ2n) is 7.62. The third kappa shape index (κ3) is 4.74. The second kappa shape index (κ2) is 7.87. The number of rotatable bonds is 3. The molecule has 124 valence electrons. The van der Waals surface area contributed by atoms with Gasteiger partial charge in [-0.25, -0.2) is 0 Å². The molecule has 3 rings (SSSR count). The summed E-state index contributed by atoms with van der Waals surface area (Å²) >= 11 is 0.